The molecule has 3 heteroatoms. The summed E-state index contributed by atoms with van der Waals surface area (Å²) in [6.45, 7) is 5.68. The van der Waals surface area contributed by atoms with Gasteiger partial charge in [0.25, 0.3) is 0 Å². The summed E-state index contributed by atoms with van der Waals surface area (Å²) in [6, 6.07) is 4.66. The fourth-order valence-electron chi connectivity index (χ4n) is 2.12. The van der Waals surface area contributed by atoms with E-state index < -0.39 is 0 Å². The molecule has 2 rings (SSSR count). The maximum Gasteiger partial charge on any atom is 0.129 e. The van der Waals surface area contributed by atoms with E-state index in [0.29, 0.717) is 11.9 Å². The maximum atomic E-state index is 5.82. The zero-order chi connectivity index (χ0) is 10.8. The van der Waals surface area contributed by atoms with Crippen molar-refractivity contribution >= 4 is 17.4 Å². The molecule has 2 atom stereocenters. The number of anilines is 1. The standard InChI is InChI=1S/C12H17ClN2/c1-9-4-6-15(10(9)2)12-7-11(8-13)3-5-14-12/h3,5,7,9-10H,4,6,8H2,1-2H3. The molecule has 2 unspecified atom stereocenters. The van der Waals surface area contributed by atoms with Gasteiger partial charge in [0.1, 0.15) is 5.82 Å². The Morgan fingerprint density at radius 1 is 1.53 bits per heavy atom. The first-order valence-electron chi connectivity index (χ1n) is 5.50. The Bertz CT molecular complexity index is 340. The molecule has 82 valence electrons. The highest BCUT2D eigenvalue weighted by atomic mass is 35.5. The van der Waals surface area contributed by atoms with E-state index in [-0.39, 0.29) is 0 Å². The van der Waals surface area contributed by atoms with Crippen LogP contribution in [0.4, 0.5) is 5.82 Å². The summed E-state index contributed by atoms with van der Waals surface area (Å²) in [5.41, 5.74) is 1.15. The molecule has 2 nitrogen and oxygen atoms in total. The van der Waals surface area contributed by atoms with Crippen molar-refractivity contribution < 1.29 is 0 Å². The fourth-order valence-corrected chi connectivity index (χ4v) is 2.28. The van der Waals surface area contributed by atoms with E-state index in [2.05, 4.69) is 29.8 Å². The predicted octanol–water partition coefficient (Wildman–Crippen LogP) is 3.06. The second-order valence-electron chi connectivity index (χ2n) is 4.36. The monoisotopic (exact) mass is 224 g/mol. The molecular weight excluding hydrogens is 208 g/mol. The molecule has 0 N–H and O–H groups in total. The van der Waals surface area contributed by atoms with E-state index in [9.17, 15) is 0 Å². The summed E-state index contributed by atoms with van der Waals surface area (Å²) >= 11 is 5.82. The molecule has 0 amide bonds. The van der Waals surface area contributed by atoms with E-state index in [4.69, 9.17) is 11.6 Å². The molecule has 0 spiro atoms. The molecule has 1 saturated heterocycles. The zero-order valence-electron chi connectivity index (χ0n) is 9.28. The van der Waals surface area contributed by atoms with Gasteiger partial charge in [-0.2, -0.15) is 0 Å². The molecule has 1 aromatic heterocycles. The molecule has 0 radical (unpaired) electrons. The van der Waals surface area contributed by atoms with Crippen LogP contribution in [0.1, 0.15) is 25.8 Å². The van der Waals surface area contributed by atoms with Gasteiger partial charge in [0.15, 0.2) is 0 Å². The Morgan fingerprint density at radius 2 is 2.33 bits per heavy atom. The first kappa shape index (κ1) is 10.7. The van der Waals surface area contributed by atoms with Crippen molar-refractivity contribution in [2.75, 3.05) is 11.4 Å². The fraction of sp³-hybridized carbons (Fsp3) is 0.583. The quantitative estimate of drug-likeness (QED) is 0.718. The number of hydrogen-bond donors (Lipinski definition) is 0. The predicted molar refractivity (Wildman–Crippen MR) is 64.4 cm³/mol. The van der Waals surface area contributed by atoms with E-state index in [1.807, 2.05) is 12.3 Å². The Morgan fingerprint density at radius 3 is 2.93 bits per heavy atom. The summed E-state index contributed by atoms with van der Waals surface area (Å²) in [5.74, 6) is 2.39. The van der Waals surface area contributed by atoms with Gasteiger partial charge in [-0.1, -0.05) is 6.92 Å². The Kier molecular flexibility index (Phi) is 3.15. The van der Waals surface area contributed by atoms with Crippen LogP contribution in [0, 0.1) is 5.92 Å². The molecule has 2 heterocycles. The maximum absolute atomic E-state index is 5.82. The summed E-state index contributed by atoms with van der Waals surface area (Å²) in [7, 11) is 0. The van der Waals surface area contributed by atoms with Crippen LogP contribution in [0.5, 0.6) is 0 Å². The van der Waals surface area contributed by atoms with E-state index in [1.54, 1.807) is 0 Å². The number of hydrogen-bond acceptors (Lipinski definition) is 2. The van der Waals surface area contributed by atoms with Crippen molar-refractivity contribution in [2.24, 2.45) is 5.92 Å². The summed E-state index contributed by atoms with van der Waals surface area (Å²) in [5, 5.41) is 0. The molecule has 0 aliphatic carbocycles. The second-order valence-corrected chi connectivity index (χ2v) is 4.62. The van der Waals surface area contributed by atoms with Gasteiger partial charge >= 0.3 is 0 Å². The molecular formula is C12H17ClN2. The van der Waals surface area contributed by atoms with Crippen molar-refractivity contribution in [1.29, 1.82) is 0 Å². The minimum atomic E-state index is 0.563. The molecule has 15 heavy (non-hydrogen) atoms. The van der Waals surface area contributed by atoms with Gasteiger partial charge in [-0.3, -0.25) is 0 Å². The summed E-state index contributed by atoms with van der Waals surface area (Å²) in [6.07, 6.45) is 3.11. The summed E-state index contributed by atoms with van der Waals surface area (Å²) < 4.78 is 0. The Hall–Kier alpha value is -0.760. The van der Waals surface area contributed by atoms with Gasteiger partial charge in [0.05, 0.1) is 0 Å². The average Bonchev–Trinajstić information content (AvgIpc) is 2.60. The number of rotatable bonds is 2. The summed E-state index contributed by atoms with van der Waals surface area (Å²) in [4.78, 5) is 6.80. The van der Waals surface area contributed by atoms with Crippen molar-refractivity contribution in [3.05, 3.63) is 23.9 Å². The van der Waals surface area contributed by atoms with Gasteiger partial charge in [-0.05, 0) is 37.0 Å². The van der Waals surface area contributed by atoms with Gasteiger partial charge in [0, 0.05) is 24.7 Å². The topological polar surface area (TPSA) is 16.1 Å². The zero-order valence-corrected chi connectivity index (χ0v) is 10.0. The second kappa shape index (κ2) is 4.40. The van der Waals surface area contributed by atoms with E-state index >= 15 is 0 Å². The van der Waals surface area contributed by atoms with Crippen molar-refractivity contribution in [1.82, 2.24) is 4.98 Å². The lowest BCUT2D eigenvalue weighted by Gasteiger charge is -2.24. The van der Waals surface area contributed by atoms with Gasteiger partial charge in [-0.15, -0.1) is 11.6 Å². The first-order valence-corrected chi connectivity index (χ1v) is 6.03. The molecule has 0 bridgehead atoms. The van der Waals surface area contributed by atoms with Crippen molar-refractivity contribution in [3.63, 3.8) is 0 Å². The van der Waals surface area contributed by atoms with Crippen LogP contribution in [0.15, 0.2) is 18.3 Å². The third-order valence-corrected chi connectivity index (χ3v) is 3.71. The van der Waals surface area contributed by atoms with E-state index in [1.165, 1.54) is 6.42 Å². The highest BCUT2D eigenvalue weighted by Gasteiger charge is 2.27. The Labute approximate surface area is 96.3 Å². The average molecular weight is 225 g/mol. The molecule has 1 fully saturated rings. The first-order chi connectivity index (χ1) is 7.22. The van der Waals surface area contributed by atoms with Gasteiger partial charge in [-0.25, -0.2) is 4.98 Å². The molecule has 1 aliphatic heterocycles. The van der Waals surface area contributed by atoms with Crippen molar-refractivity contribution in [2.45, 2.75) is 32.2 Å². The largest absolute Gasteiger partial charge is 0.354 e. The van der Waals surface area contributed by atoms with Gasteiger partial charge in [0.2, 0.25) is 0 Å². The van der Waals surface area contributed by atoms with Crippen LogP contribution >= 0.6 is 11.6 Å². The minimum absolute atomic E-state index is 0.563. The van der Waals surface area contributed by atoms with Crippen LogP contribution in [0.3, 0.4) is 0 Å². The number of aromatic nitrogens is 1. The third-order valence-electron chi connectivity index (χ3n) is 3.40. The lowest BCUT2D eigenvalue weighted by atomic mass is 10.1. The minimum Gasteiger partial charge on any atom is -0.354 e. The highest BCUT2D eigenvalue weighted by Crippen LogP contribution is 2.28. The lowest BCUT2D eigenvalue weighted by molar-refractivity contribution is 0.544. The number of alkyl halides is 1. The number of halogens is 1. The lowest BCUT2D eigenvalue weighted by Crippen LogP contribution is -2.29. The number of nitrogens with zero attached hydrogens (tertiary/aromatic N) is 2. The Balaban J connectivity index is 2.22. The van der Waals surface area contributed by atoms with Gasteiger partial charge < -0.3 is 4.90 Å². The van der Waals surface area contributed by atoms with E-state index in [0.717, 1.165) is 23.8 Å². The van der Waals surface area contributed by atoms with Crippen molar-refractivity contribution in [3.8, 4) is 0 Å². The molecule has 0 aromatic carbocycles. The smallest absolute Gasteiger partial charge is 0.129 e. The normalized spacial score (nSPS) is 25.9. The van der Waals surface area contributed by atoms with Crippen LogP contribution in [-0.4, -0.2) is 17.6 Å². The number of pyridine rings is 1. The van der Waals surface area contributed by atoms with Crippen LogP contribution in [0.25, 0.3) is 0 Å². The van der Waals surface area contributed by atoms with Crippen LogP contribution < -0.4 is 4.90 Å². The van der Waals surface area contributed by atoms with Crippen LogP contribution in [0.2, 0.25) is 0 Å². The SMILES string of the molecule is CC1CCN(c2cc(CCl)ccn2)C1C. The highest BCUT2D eigenvalue weighted by molar-refractivity contribution is 6.17. The molecule has 1 aromatic rings. The van der Waals surface area contributed by atoms with Crippen LogP contribution in [-0.2, 0) is 5.88 Å². The third kappa shape index (κ3) is 2.10. The molecule has 0 saturated carbocycles. The molecule has 1 aliphatic rings.